The third-order valence-corrected chi connectivity index (χ3v) is 4.83. The van der Waals surface area contributed by atoms with E-state index in [-0.39, 0.29) is 6.09 Å². The number of pyridine rings is 1. The van der Waals surface area contributed by atoms with Gasteiger partial charge in [0.25, 0.3) is 0 Å². The molecule has 0 saturated carbocycles. The molecule has 0 bridgehead atoms. The summed E-state index contributed by atoms with van der Waals surface area (Å²) in [5.41, 5.74) is 1.97. The number of likely N-dealkylation sites (tertiary alicyclic amines) is 1. The first-order chi connectivity index (χ1) is 11.2. The monoisotopic (exact) mass is 393 g/mol. The topological polar surface area (TPSA) is 47.4 Å². The maximum atomic E-state index is 12.2. The zero-order valence-electron chi connectivity index (χ0n) is 14.7. The van der Waals surface area contributed by atoms with Crippen LogP contribution >= 0.6 is 15.9 Å². The van der Waals surface area contributed by atoms with E-state index in [0.717, 1.165) is 36.1 Å². The standard InChI is InChI=1S/C18H24BrN3O2/c1-12-11-22(15-10-20-16(19)9-14(12)15)13-5-7-21(8-6-13)17(23)24-18(2,3)4/h9-11,13H,5-8H2,1-4H3. The minimum absolute atomic E-state index is 0.208. The Balaban J connectivity index is 1.72. The van der Waals surface area contributed by atoms with E-state index in [1.54, 1.807) is 0 Å². The van der Waals surface area contributed by atoms with Crippen molar-refractivity contribution in [3.05, 3.63) is 28.6 Å². The van der Waals surface area contributed by atoms with Gasteiger partial charge in [0.05, 0.1) is 11.7 Å². The molecule has 0 aromatic carbocycles. The van der Waals surface area contributed by atoms with Crippen molar-refractivity contribution in [3.8, 4) is 0 Å². The molecule has 1 amide bonds. The van der Waals surface area contributed by atoms with Crippen LogP contribution in [-0.4, -0.2) is 39.2 Å². The Kier molecular flexibility index (Phi) is 4.60. The molecule has 5 nitrogen and oxygen atoms in total. The second-order valence-corrected chi connectivity index (χ2v) is 8.25. The van der Waals surface area contributed by atoms with Crippen molar-refractivity contribution in [2.75, 3.05) is 13.1 Å². The molecule has 0 radical (unpaired) electrons. The van der Waals surface area contributed by atoms with E-state index in [0.29, 0.717) is 6.04 Å². The second-order valence-electron chi connectivity index (χ2n) is 7.44. The van der Waals surface area contributed by atoms with Crippen molar-refractivity contribution < 1.29 is 9.53 Å². The van der Waals surface area contributed by atoms with Crippen molar-refractivity contribution in [2.24, 2.45) is 0 Å². The number of halogens is 1. The van der Waals surface area contributed by atoms with Gasteiger partial charge in [-0.15, -0.1) is 0 Å². The molecule has 1 fully saturated rings. The quantitative estimate of drug-likeness (QED) is 0.660. The summed E-state index contributed by atoms with van der Waals surface area (Å²) in [6.45, 7) is 9.28. The van der Waals surface area contributed by atoms with Gasteiger partial charge < -0.3 is 14.2 Å². The maximum absolute atomic E-state index is 12.2. The lowest BCUT2D eigenvalue weighted by Gasteiger charge is -2.34. The molecule has 0 spiro atoms. The number of hydrogen-bond acceptors (Lipinski definition) is 3. The zero-order chi connectivity index (χ0) is 17.5. The fourth-order valence-electron chi connectivity index (χ4n) is 3.25. The van der Waals surface area contributed by atoms with Crippen LogP contribution in [0.3, 0.4) is 0 Å². The van der Waals surface area contributed by atoms with Gasteiger partial charge in [0.1, 0.15) is 10.2 Å². The lowest BCUT2D eigenvalue weighted by atomic mass is 10.1. The van der Waals surface area contributed by atoms with E-state index in [1.165, 1.54) is 10.9 Å². The van der Waals surface area contributed by atoms with Gasteiger partial charge in [0.2, 0.25) is 0 Å². The number of aromatic nitrogens is 2. The Labute approximate surface area is 151 Å². The molecular formula is C18H24BrN3O2. The number of rotatable bonds is 1. The third-order valence-electron chi connectivity index (χ3n) is 4.39. The number of carbonyl (C=O) groups is 1. The van der Waals surface area contributed by atoms with Crippen molar-refractivity contribution in [1.82, 2.24) is 14.5 Å². The average molecular weight is 394 g/mol. The van der Waals surface area contributed by atoms with Crippen LogP contribution < -0.4 is 0 Å². The zero-order valence-corrected chi connectivity index (χ0v) is 16.3. The summed E-state index contributed by atoms with van der Waals surface area (Å²) in [6.07, 6.45) is 5.77. The van der Waals surface area contributed by atoms with Gasteiger partial charge in [-0.1, -0.05) is 0 Å². The van der Waals surface area contributed by atoms with E-state index in [2.05, 4.69) is 44.7 Å². The highest BCUT2D eigenvalue weighted by atomic mass is 79.9. The fourth-order valence-corrected chi connectivity index (χ4v) is 3.58. The van der Waals surface area contributed by atoms with Crippen LogP contribution in [0.4, 0.5) is 4.79 Å². The summed E-state index contributed by atoms with van der Waals surface area (Å²) >= 11 is 3.44. The molecule has 2 aromatic rings. The van der Waals surface area contributed by atoms with Crippen LogP contribution in [0.15, 0.2) is 23.1 Å². The van der Waals surface area contributed by atoms with E-state index >= 15 is 0 Å². The first-order valence-corrected chi connectivity index (χ1v) is 9.14. The van der Waals surface area contributed by atoms with Gasteiger partial charge in [-0.25, -0.2) is 9.78 Å². The summed E-state index contributed by atoms with van der Waals surface area (Å²) in [7, 11) is 0. The molecular weight excluding hydrogens is 370 g/mol. The Morgan fingerprint density at radius 3 is 2.62 bits per heavy atom. The number of amides is 1. The Hall–Kier alpha value is -1.56. The molecule has 6 heteroatoms. The largest absolute Gasteiger partial charge is 0.444 e. The van der Waals surface area contributed by atoms with Crippen molar-refractivity contribution in [2.45, 2.75) is 52.2 Å². The molecule has 0 unspecified atom stereocenters. The van der Waals surface area contributed by atoms with E-state index in [9.17, 15) is 4.79 Å². The third kappa shape index (κ3) is 3.58. The van der Waals surface area contributed by atoms with Crippen molar-refractivity contribution >= 4 is 32.9 Å². The number of hydrogen-bond donors (Lipinski definition) is 0. The number of ether oxygens (including phenoxy) is 1. The number of nitrogens with zero attached hydrogens (tertiary/aromatic N) is 3. The fraction of sp³-hybridized carbons (Fsp3) is 0.556. The smallest absolute Gasteiger partial charge is 0.410 e. The van der Waals surface area contributed by atoms with Crippen molar-refractivity contribution in [3.63, 3.8) is 0 Å². The van der Waals surface area contributed by atoms with Crippen LogP contribution in [0.5, 0.6) is 0 Å². The lowest BCUT2D eigenvalue weighted by Crippen LogP contribution is -2.42. The summed E-state index contributed by atoms with van der Waals surface area (Å²) in [4.78, 5) is 18.4. The molecule has 1 aliphatic rings. The highest BCUT2D eigenvalue weighted by Gasteiger charge is 2.28. The van der Waals surface area contributed by atoms with Crippen LogP contribution in [0.2, 0.25) is 0 Å². The molecule has 1 aliphatic heterocycles. The molecule has 2 aromatic heterocycles. The second kappa shape index (κ2) is 6.39. The summed E-state index contributed by atoms with van der Waals surface area (Å²) in [6, 6.07) is 2.46. The first kappa shape index (κ1) is 17.3. The molecule has 24 heavy (non-hydrogen) atoms. The molecule has 0 aliphatic carbocycles. The summed E-state index contributed by atoms with van der Waals surface area (Å²) in [5.74, 6) is 0. The predicted octanol–water partition coefficient (Wildman–Crippen LogP) is 4.68. The van der Waals surface area contributed by atoms with E-state index < -0.39 is 5.60 Å². The van der Waals surface area contributed by atoms with Gasteiger partial charge in [-0.05, 0) is 68.1 Å². The van der Waals surface area contributed by atoms with Crippen LogP contribution in [0, 0.1) is 6.92 Å². The molecule has 1 saturated heterocycles. The predicted molar refractivity (Wildman–Crippen MR) is 98.2 cm³/mol. The minimum Gasteiger partial charge on any atom is -0.444 e. The lowest BCUT2D eigenvalue weighted by molar-refractivity contribution is 0.0189. The Bertz CT molecular complexity index is 755. The van der Waals surface area contributed by atoms with Gasteiger partial charge in [0.15, 0.2) is 0 Å². The summed E-state index contributed by atoms with van der Waals surface area (Å²) in [5, 5.41) is 1.23. The molecule has 3 heterocycles. The van der Waals surface area contributed by atoms with Gasteiger partial charge in [0, 0.05) is 30.7 Å². The Morgan fingerprint density at radius 2 is 2.00 bits per heavy atom. The van der Waals surface area contributed by atoms with E-state index in [4.69, 9.17) is 4.74 Å². The van der Waals surface area contributed by atoms with Gasteiger partial charge in [-0.2, -0.15) is 0 Å². The molecule has 0 atom stereocenters. The first-order valence-electron chi connectivity index (χ1n) is 8.35. The molecule has 3 rings (SSSR count). The van der Waals surface area contributed by atoms with Crippen LogP contribution in [0.1, 0.15) is 45.2 Å². The van der Waals surface area contributed by atoms with Crippen LogP contribution in [-0.2, 0) is 4.74 Å². The van der Waals surface area contributed by atoms with E-state index in [1.807, 2.05) is 31.9 Å². The normalized spacial score (nSPS) is 16.6. The van der Waals surface area contributed by atoms with Crippen LogP contribution in [0.25, 0.3) is 10.9 Å². The molecule has 130 valence electrons. The Morgan fingerprint density at radius 1 is 1.33 bits per heavy atom. The minimum atomic E-state index is -0.444. The SMILES string of the molecule is Cc1cn(C2CCN(C(=O)OC(C)(C)C)CC2)c2cnc(Br)cc12. The number of fused-ring (bicyclic) bond motifs is 1. The van der Waals surface area contributed by atoms with Gasteiger partial charge >= 0.3 is 6.09 Å². The highest BCUT2D eigenvalue weighted by molar-refractivity contribution is 9.10. The average Bonchev–Trinajstić information content (AvgIpc) is 2.82. The maximum Gasteiger partial charge on any atom is 0.410 e. The number of aryl methyl sites for hydroxylation is 1. The number of carbonyl (C=O) groups excluding carboxylic acids is 1. The molecule has 0 N–H and O–H groups in total. The van der Waals surface area contributed by atoms with Gasteiger partial charge in [-0.3, -0.25) is 0 Å². The number of piperidine rings is 1. The van der Waals surface area contributed by atoms with Crippen molar-refractivity contribution in [1.29, 1.82) is 0 Å². The highest BCUT2D eigenvalue weighted by Crippen LogP contribution is 2.31. The summed E-state index contributed by atoms with van der Waals surface area (Å²) < 4.78 is 8.64.